The number of piperidine rings is 1. The molecule has 8 heterocycles. The predicted octanol–water partition coefficient (Wildman–Crippen LogP) is 3.05. The summed E-state index contributed by atoms with van der Waals surface area (Å²) in [5, 5.41) is 15.0. The Morgan fingerprint density at radius 2 is 1.92 bits per heavy atom. The molecule has 3 aliphatic heterocycles. The Bertz CT molecular complexity index is 1750. The van der Waals surface area contributed by atoms with E-state index in [4.69, 9.17) is 4.98 Å². The Hall–Kier alpha value is -4.75. The average molecular weight is 504 g/mol. The van der Waals surface area contributed by atoms with Gasteiger partial charge < -0.3 is 14.9 Å². The number of H-pyrrole nitrogens is 2. The number of nitrogens with one attached hydrogen (secondary N) is 2. The number of rotatable bonds is 5. The van der Waals surface area contributed by atoms with E-state index >= 15 is 0 Å². The van der Waals surface area contributed by atoms with E-state index < -0.39 is 0 Å². The molecule has 188 valence electrons. The van der Waals surface area contributed by atoms with Crippen LogP contribution in [0.3, 0.4) is 0 Å². The molecule has 10 nitrogen and oxygen atoms in total. The van der Waals surface area contributed by atoms with Gasteiger partial charge in [0.25, 0.3) is 0 Å². The molecule has 2 bridgehead atoms. The molecule has 5 aromatic rings. The molecule has 0 spiro atoms. The SMILES string of the molecule is Cn1cc(-c2cc3c(-c4ccc(N5CC6CC(C5)N6Cc5cccc(=O)[nH]5)nc4)c(C#N)cnc3[nH]2)cn1. The molecule has 2 N–H and O–H groups in total. The van der Waals surface area contributed by atoms with E-state index in [1.54, 1.807) is 23.1 Å². The van der Waals surface area contributed by atoms with E-state index in [-0.39, 0.29) is 5.56 Å². The molecular formula is C28H25N9O. The number of anilines is 1. The van der Waals surface area contributed by atoms with Crippen LogP contribution in [0.15, 0.2) is 66.0 Å². The van der Waals surface area contributed by atoms with E-state index in [0.29, 0.717) is 17.6 Å². The second kappa shape index (κ2) is 8.68. The Morgan fingerprint density at radius 3 is 2.63 bits per heavy atom. The molecule has 38 heavy (non-hydrogen) atoms. The number of hydrogen-bond acceptors (Lipinski definition) is 7. The van der Waals surface area contributed by atoms with Gasteiger partial charge in [-0.3, -0.25) is 14.4 Å². The lowest BCUT2D eigenvalue weighted by Crippen LogP contribution is -2.68. The van der Waals surface area contributed by atoms with Crippen molar-refractivity contribution in [1.82, 2.24) is 34.6 Å². The minimum absolute atomic E-state index is 0.0573. The molecule has 10 heteroatoms. The number of piperazine rings is 1. The van der Waals surface area contributed by atoms with Gasteiger partial charge in [-0.25, -0.2) is 9.97 Å². The zero-order valence-electron chi connectivity index (χ0n) is 20.8. The largest absolute Gasteiger partial charge is 0.353 e. The maximum absolute atomic E-state index is 11.7. The number of nitriles is 1. The van der Waals surface area contributed by atoms with E-state index in [2.05, 4.69) is 35.9 Å². The van der Waals surface area contributed by atoms with Gasteiger partial charge in [0.15, 0.2) is 0 Å². The Kier molecular flexibility index (Phi) is 5.13. The van der Waals surface area contributed by atoms with E-state index in [1.807, 2.05) is 49.8 Å². The second-order valence-electron chi connectivity index (χ2n) is 10.1. The van der Waals surface area contributed by atoms with Gasteiger partial charge in [0.05, 0.1) is 17.5 Å². The number of pyridine rings is 3. The first-order chi connectivity index (χ1) is 18.6. The normalized spacial score (nSPS) is 18.9. The van der Waals surface area contributed by atoms with Crippen LogP contribution >= 0.6 is 0 Å². The van der Waals surface area contributed by atoms with Gasteiger partial charge in [-0.1, -0.05) is 6.07 Å². The van der Waals surface area contributed by atoms with Crippen molar-refractivity contribution in [3.05, 3.63) is 82.8 Å². The highest BCUT2D eigenvalue weighted by Gasteiger charge is 2.44. The maximum atomic E-state index is 11.7. The monoisotopic (exact) mass is 503 g/mol. The van der Waals surface area contributed by atoms with Gasteiger partial charge in [-0.05, 0) is 30.7 Å². The minimum Gasteiger partial charge on any atom is -0.353 e. The summed E-state index contributed by atoms with van der Waals surface area (Å²) in [6.45, 7) is 2.56. The van der Waals surface area contributed by atoms with Gasteiger partial charge >= 0.3 is 0 Å². The number of aryl methyl sites for hydroxylation is 1. The van der Waals surface area contributed by atoms with Crippen molar-refractivity contribution in [1.29, 1.82) is 5.26 Å². The Balaban J connectivity index is 1.14. The van der Waals surface area contributed by atoms with Crippen LogP contribution in [0, 0.1) is 11.3 Å². The fourth-order valence-electron chi connectivity index (χ4n) is 5.82. The summed E-state index contributed by atoms with van der Waals surface area (Å²) >= 11 is 0. The number of fused-ring (bicyclic) bond motifs is 3. The highest BCUT2D eigenvalue weighted by Crippen LogP contribution is 2.37. The van der Waals surface area contributed by atoms with Crippen molar-refractivity contribution >= 4 is 16.9 Å². The van der Waals surface area contributed by atoms with Gasteiger partial charge in [0, 0.05) is 91.2 Å². The first-order valence-corrected chi connectivity index (χ1v) is 12.6. The lowest BCUT2D eigenvalue weighted by atomic mass is 9.87. The molecule has 0 aromatic carbocycles. The third-order valence-corrected chi connectivity index (χ3v) is 7.68. The smallest absolute Gasteiger partial charge is 0.248 e. The lowest BCUT2D eigenvalue weighted by Gasteiger charge is -2.56. The van der Waals surface area contributed by atoms with E-state index in [0.717, 1.165) is 64.6 Å². The first kappa shape index (κ1) is 22.4. The molecule has 0 amide bonds. The average Bonchev–Trinajstić information content (AvgIpc) is 3.57. The first-order valence-electron chi connectivity index (χ1n) is 12.6. The third-order valence-electron chi connectivity index (χ3n) is 7.68. The zero-order valence-corrected chi connectivity index (χ0v) is 20.8. The van der Waals surface area contributed by atoms with Crippen LogP contribution in [0.1, 0.15) is 17.7 Å². The van der Waals surface area contributed by atoms with Crippen LogP contribution in [0.4, 0.5) is 5.82 Å². The molecule has 0 saturated carbocycles. The maximum Gasteiger partial charge on any atom is 0.248 e. The zero-order chi connectivity index (χ0) is 25.8. The Morgan fingerprint density at radius 1 is 1.05 bits per heavy atom. The van der Waals surface area contributed by atoms with Crippen LogP contribution in [0.25, 0.3) is 33.4 Å². The van der Waals surface area contributed by atoms with Crippen molar-refractivity contribution in [3.63, 3.8) is 0 Å². The summed E-state index contributed by atoms with van der Waals surface area (Å²) in [4.78, 5) is 32.0. The molecular weight excluding hydrogens is 478 g/mol. The predicted molar refractivity (Wildman–Crippen MR) is 143 cm³/mol. The van der Waals surface area contributed by atoms with Crippen molar-refractivity contribution < 1.29 is 0 Å². The Labute approximate surface area is 218 Å². The summed E-state index contributed by atoms with van der Waals surface area (Å²) in [7, 11) is 1.88. The molecule has 8 rings (SSSR count). The molecule has 3 fully saturated rings. The second-order valence-corrected chi connectivity index (χ2v) is 10.1. The molecule has 3 aliphatic rings. The molecule has 5 aromatic heterocycles. The molecule has 0 aliphatic carbocycles. The molecule has 0 radical (unpaired) electrons. The number of aromatic amines is 2. The number of hydrogen-bond donors (Lipinski definition) is 2. The third kappa shape index (κ3) is 3.76. The summed E-state index contributed by atoms with van der Waals surface area (Å²) in [6.07, 6.45) is 8.38. The van der Waals surface area contributed by atoms with Gasteiger partial charge in [-0.15, -0.1) is 0 Å². The lowest BCUT2D eigenvalue weighted by molar-refractivity contribution is -0.00972. The fraction of sp³-hybridized carbons (Fsp3) is 0.250. The van der Waals surface area contributed by atoms with E-state index in [9.17, 15) is 10.1 Å². The van der Waals surface area contributed by atoms with Crippen LogP contribution in [0.2, 0.25) is 0 Å². The summed E-state index contributed by atoms with van der Waals surface area (Å²) in [5.74, 6) is 0.935. The van der Waals surface area contributed by atoms with Crippen molar-refractivity contribution in [3.8, 4) is 28.5 Å². The summed E-state index contributed by atoms with van der Waals surface area (Å²) in [6, 6.07) is 14.6. The van der Waals surface area contributed by atoms with E-state index in [1.165, 1.54) is 6.42 Å². The van der Waals surface area contributed by atoms with Crippen LogP contribution in [0.5, 0.6) is 0 Å². The topological polar surface area (TPSA) is 123 Å². The van der Waals surface area contributed by atoms with Gasteiger partial charge in [0.1, 0.15) is 17.5 Å². The van der Waals surface area contributed by atoms with Crippen molar-refractivity contribution in [2.75, 3.05) is 18.0 Å². The summed E-state index contributed by atoms with van der Waals surface area (Å²) in [5.41, 5.74) is 5.70. The molecule has 2 atom stereocenters. The highest BCUT2D eigenvalue weighted by molar-refractivity contribution is 5.98. The minimum atomic E-state index is -0.0573. The number of aromatic nitrogens is 6. The fourth-order valence-corrected chi connectivity index (χ4v) is 5.82. The molecule has 3 saturated heterocycles. The van der Waals surface area contributed by atoms with Crippen molar-refractivity contribution in [2.45, 2.75) is 25.0 Å². The standard InChI is InChI=1S/C28H25N9O/c1-35-13-19(12-32-35)24-8-23-27(18(9-29)11-31-28(23)34-24)17-5-6-25(30-10-17)36-15-21-7-22(16-36)37(21)14-20-3-2-4-26(38)33-20/h2-6,8,10-13,21-22H,7,14-16H2,1H3,(H,31,34)(H,33,38). The highest BCUT2D eigenvalue weighted by atomic mass is 16.1. The molecule has 2 unspecified atom stereocenters. The van der Waals surface area contributed by atoms with Gasteiger partial charge in [0.2, 0.25) is 5.56 Å². The quantitative estimate of drug-likeness (QED) is 0.378. The van der Waals surface area contributed by atoms with Crippen molar-refractivity contribution in [2.24, 2.45) is 7.05 Å². The summed E-state index contributed by atoms with van der Waals surface area (Å²) < 4.78 is 1.75. The van der Waals surface area contributed by atoms with Crippen LogP contribution < -0.4 is 10.5 Å². The van der Waals surface area contributed by atoms with Crippen LogP contribution in [-0.4, -0.2) is 59.8 Å². The van der Waals surface area contributed by atoms with Crippen LogP contribution in [-0.2, 0) is 13.6 Å². The number of nitrogens with zero attached hydrogens (tertiary/aromatic N) is 7. The van der Waals surface area contributed by atoms with Gasteiger partial charge in [-0.2, -0.15) is 10.4 Å².